The molecule has 0 spiro atoms. The van der Waals surface area contributed by atoms with Crippen molar-refractivity contribution < 1.29 is 9.76 Å². The first-order chi connectivity index (χ1) is 10.5. The first-order valence-corrected chi connectivity index (χ1v) is 7.63. The lowest BCUT2D eigenvalue weighted by Crippen LogP contribution is -2.35. The van der Waals surface area contributed by atoms with Crippen molar-refractivity contribution in [2.45, 2.75) is 45.1 Å². The van der Waals surface area contributed by atoms with Crippen LogP contribution >= 0.6 is 0 Å². The van der Waals surface area contributed by atoms with Crippen LogP contribution in [0.4, 0.5) is 5.69 Å². The smallest absolute Gasteiger partial charge is 0.269 e. The van der Waals surface area contributed by atoms with Gasteiger partial charge in [0.15, 0.2) is 0 Å². The van der Waals surface area contributed by atoms with Gasteiger partial charge in [0.2, 0.25) is 0 Å². The van der Waals surface area contributed by atoms with Crippen molar-refractivity contribution in [2.75, 3.05) is 0 Å². The number of allylic oxidation sites excluding steroid dienone is 2. The van der Waals surface area contributed by atoms with Gasteiger partial charge in [-0.3, -0.25) is 10.1 Å². The molecule has 1 aromatic rings. The van der Waals surface area contributed by atoms with E-state index >= 15 is 0 Å². The highest BCUT2D eigenvalue weighted by Crippen LogP contribution is 2.40. The summed E-state index contributed by atoms with van der Waals surface area (Å²) in [6.07, 6.45) is 6.33. The molecule has 3 rings (SSSR count). The molecule has 5 heteroatoms. The SMILES string of the molecule is CC1=CCC(C2(C)CC(c3ccc([N+](=O)[O-])cc3)=NO2)CC1. The average Bonchev–Trinajstić information content (AvgIpc) is 2.91. The van der Waals surface area contributed by atoms with Crippen molar-refractivity contribution in [1.82, 2.24) is 0 Å². The van der Waals surface area contributed by atoms with E-state index in [-0.39, 0.29) is 11.3 Å². The topological polar surface area (TPSA) is 64.7 Å². The van der Waals surface area contributed by atoms with E-state index in [2.05, 4.69) is 25.1 Å². The molecule has 2 unspecified atom stereocenters. The van der Waals surface area contributed by atoms with E-state index in [1.54, 1.807) is 12.1 Å². The lowest BCUT2D eigenvalue weighted by molar-refractivity contribution is -0.384. The Bertz CT molecular complexity index is 648. The van der Waals surface area contributed by atoms with E-state index in [4.69, 9.17) is 4.84 Å². The monoisotopic (exact) mass is 300 g/mol. The number of hydrogen-bond acceptors (Lipinski definition) is 4. The molecule has 0 amide bonds. The molecule has 0 radical (unpaired) electrons. The van der Waals surface area contributed by atoms with Crippen LogP contribution < -0.4 is 0 Å². The molecule has 5 nitrogen and oxygen atoms in total. The van der Waals surface area contributed by atoms with Crippen molar-refractivity contribution in [1.29, 1.82) is 0 Å². The predicted molar refractivity (Wildman–Crippen MR) is 84.8 cm³/mol. The third-order valence-corrected chi connectivity index (χ3v) is 4.80. The molecule has 0 fully saturated rings. The van der Waals surface area contributed by atoms with E-state index in [9.17, 15) is 10.1 Å². The normalized spacial score (nSPS) is 27.8. The maximum atomic E-state index is 10.7. The average molecular weight is 300 g/mol. The molecule has 1 aliphatic carbocycles. The minimum Gasteiger partial charge on any atom is -0.389 e. The summed E-state index contributed by atoms with van der Waals surface area (Å²) in [5.41, 5.74) is 3.06. The molecule has 0 N–H and O–H groups in total. The second kappa shape index (κ2) is 5.55. The first kappa shape index (κ1) is 14.8. The lowest BCUT2D eigenvalue weighted by Gasteiger charge is -2.33. The zero-order valence-corrected chi connectivity index (χ0v) is 12.9. The summed E-state index contributed by atoms with van der Waals surface area (Å²) < 4.78 is 0. The summed E-state index contributed by atoms with van der Waals surface area (Å²) in [5.74, 6) is 0.468. The standard InChI is InChI=1S/C17H20N2O3/c1-12-3-7-14(8-4-12)17(2)11-16(18-22-17)13-5-9-15(10-6-13)19(20)21/h3,5-6,9-10,14H,4,7-8,11H2,1-2H3. The Balaban J connectivity index is 1.72. The maximum absolute atomic E-state index is 10.7. The highest BCUT2D eigenvalue weighted by molar-refractivity contribution is 6.01. The van der Waals surface area contributed by atoms with Crippen molar-refractivity contribution in [2.24, 2.45) is 11.1 Å². The molecule has 1 aromatic carbocycles. The summed E-state index contributed by atoms with van der Waals surface area (Å²) in [5, 5.41) is 15.0. The Morgan fingerprint density at radius 1 is 1.36 bits per heavy atom. The summed E-state index contributed by atoms with van der Waals surface area (Å²) >= 11 is 0. The highest BCUT2D eigenvalue weighted by Gasteiger charge is 2.42. The van der Waals surface area contributed by atoms with Gasteiger partial charge >= 0.3 is 0 Å². The van der Waals surface area contributed by atoms with Crippen LogP contribution in [0.3, 0.4) is 0 Å². The van der Waals surface area contributed by atoms with Crippen LogP contribution in [0.1, 0.15) is 45.1 Å². The Labute approximate surface area is 129 Å². The van der Waals surface area contributed by atoms with Gasteiger partial charge in [0.25, 0.3) is 5.69 Å². The van der Waals surface area contributed by atoms with Crippen molar-refractivity contribution in [3.8, 4) is 0 Å². The Morgan fingerprint density at radius 2 is 2.09 bits per heavy atom. The molecule has 0 saturated carbocycles. The first-order valence-electron chi connectivity index (χ1n) is 7.63. The number of hydrogen-bond donors (Lipinski definition) is 0. The Hall–Kier alpha value is -2.17. The second-order valence-corrected chi connectivity index (χ2v) is 6.44. The molecular formula is C17H20N2O3. The van der Waals surface area contributed by atoms with E-state index in [1.807, 2.05) is 0 Å². The van der Waals surface area contributed by atoms with Gasteiger partial charge in [0, 0.05) is 24.5 Å². The molecule has 2 aliphatic rings. The van der Waals surface area contributed by atoms with Gasteiger partial charge in [-0.25, -0.2) is 0 Å². The number of nitro groups is 1. The number of rotatable bonds is 3. The fourth-order valence-electron chi connectivity index (χ4n) is 3.23. The summed E-state index contributed by atoms with van der Waals surface area (Å²) in [7, 11) is 0. The van der Waals surface area contributed by atoms with Gasteiger partial charge in [-0.1, -0.05) is 16.8 Å². The quantitative estimate of drug-likeness (QED) is 0.477. The van der Waals surface area contributed by atoms with Gasteiger partial charge in [-0.2, -0.15) is 0 Å². The van der Waals surface area contributed by atoms with Crippen LogP contribution in [-0.4, -0.2) is 16.2 Å². The van der Waals surface area contributed by atoms with Gasteiger partial charge in [-0.05, 0) is 50.8 Å². The molecule has 2 atom stereocenters. The number of nitrogens with zero attached hydrogens (tertiary/aromatic N) is 2. The van der Waals surface area contributed by atoms with Crippen LogP contribution in [0.25, 0.3) is 0 Å². The van der Waals surface area contributed by atoms with Crippen molar-refractivity contribution in [3.05, 3.63) is 51.6 Å². The van der Waals surface area contributed by atoms with Gasteiger partial charge in [-0.15, -0.1) is 0 Å². The molecule has 1 aliphatic heterocycles. The van der Waals surface area contributed by atoms with Crippen molar-refractivity contribution in [3.63, 3.8) is 0 Å². The molecule has 0 aromatic heterocycles. The van der Waals surface area contributed by atoms with Crippen LogP contribution in [0.2, 0.25) is 0 Å². The van der Waals surface area contributed by atoms with E-state index < -0.39 is 4.92 Å². The number of benzene rings is 1. The summed E-state index contributed by atoms with van der Waals surface area (Å²) in [6, 6.07) is 6.52. The maximum Gasteiger partial charge on any atom is 0.269 e. The van der Waals surface area contributed by atoms with Crippen molar-refractivity contribution >= 4 is 11.4 Å². The molecule has 0 bridgehead atoms. The highest BCUT2D eigenvalue weighted by atomic mass is 16.7. The minimum absolute atomic E-state index is 0.0962. The minimum atomic E-state index is -0.391. The summed E-state index contributed by atoms with van der Waals surface area (Å²) in [4.78, 5) is 16.1. The van der Waals surface area contributed by atoms with Crippen LogP contribution in [0.15, 0.2) is 41.1 Å². The van der Waals surface area contributed by atoms with E-state index in [1.165, 1.54) is 17.7 Å². The fraction of sp³-hybridized carbons (Fsp3) is 0.471. The van der Waals surface area contributed by atoms with Crippen LogP contribution in [0.5, 0.6) is 0 Å². The Morgan fingerprint density at radius 3 is 2.68 bits per heavy atom. The number of nitro benzene ring substituents is 1. The predicted octanol–water partition coefficient (Wildman–Crippen LogP) is 4.22. The van der Waals surface area contributed by atoms with Gasteiger partial charge < -0.3 is 4.84 Å². The molecule has 116 valence electrons. The van der Waals surface area contributed by atoms with Gasteiger partial charge in [0.1, 0.15) is 5.60 Å². The third-order valence-electron chi connectivity index (χ3n) is 4.80. The molecule has 1 heterocycles. The van der Waals surface area contributed by atoms with E-state index in [0.29, 0.717) is 5.92 Å². The molecular weight excluding hydrogens is 280 g/mol. The zero-order chi connectivity index (χ0) is 15.7. The van der Waals surface area contributed by atoms with Gasteiger partial charge in [0.05, 0.1) is 10.6 Å². The second-order valence-electron chi connectivity index (χ2n) is 6.44. The summed E-state index contributed by atoms with van der Waals surface area (Å²) in [6.45, 7) is 4.29. The third kappa shape index (κ3) is 2.75. The van der Waals surface area contributed by atoms with Crippen LogP contribution in [-0.2, 0) is 4.84 Å². The van der Waals surface area contributed by atoms with E-state index in [0.717, 1.165) is 37.0 Å². The lowest BCUT2D eigenvalue weighted by atomic mass is 9.76. The number of non-ortho nitro benzene ring substituents is 1. The largest absolute Gasteiger partial charge is 0.389 e. The Kier molecular flexibility index (Phi) is 3.72. The zero-order valence-electron chi connectivity index (χ0n) is 12.9. The van der Waals surface area contributed by atoms with Crippen LogP contribution in [0, 0.1) is 16.0 Å². The number of oxime groups is 1. The molecule has 22 heavy (non-hydrogen) atoms. The fourth-order valence-corrected chi connectivity index (χ4v) is 3.23. The molecule has 0 saturated heterocycles.